The van der Waals surface area contributed by atoms with Gasteiger partial charge < -0.3 is 0 Å². The van der Waals surface area contributed by atoms with Crippen LogP contribution in [0, 0.1) is 13.8 Å². The van der Waals surface area contributed by atoms with Gasteiger partial charge in [-0.25, -0.2) is 0 Å². The predicted octanol–water partition coefficient (Wildman–Crippen LogP) is 9.48. The topological polar surface area (TPSA) is 0 Å². The average molecular weight is 463 g/mol. The summed E-state index contributed by atoms with van der Waals surface area (Å²) in [4.78, 5) is 0. The van der Waals surface area contributed by atoms with E-state index in [9.17, 15) is 0 Å². The zero-order chi connectivity index (χ0) is 24.7. The highest BCUT2D eigenvalue weighted by Gasteiger charge is 2.10. The van der Waals surface area contributed by atoms with Crippen LogP contribution in [0.15, 0.2) is 133 Å². The third-order valence-corrected chi connectivity index (χ3v) is 6.59. The first-order valence-corrected chi connectivity index (χ1v) is 12.5. The molecule has 0 N–H and O–H groups in total. The summed E-state index contributed by atoms with van der Waals surface area (Å²) in [6.45, 7) is 4.42. The fourth-order valence-corrected chi connectivity index (χ4v) is 4.62. The Labute approximate surface area is 214 Å². The first kappa shape index (κ1) is 23.3. The fraction of sp³-hybridized carbons (Fsp3) is 0.0556. The first-order valence-electron chi connectivity index (χ1n) is 12.5. The molecule has 0 amide bonds. The van der Waals surface area contributed by atoms with Gasteiger partial charge in [0.15, 0.2) is 0 Å². The minimum atomic E-state index is 1.22. The standard InChI is InChI=1S/C36H30/c1-27-23-34(26-36(31-19-11-5-12-20-31)32-21-13-6-14-22-32)28(2)24-33(27)25-35(29-15-7-3-8-16-29)30-17-9-4-10-18-30/h3-26H,1-2H3. The Bertz CT molecular complexity index is 1290. The van der Waals surface area contributed by atoms with Crippen LogP contribution in [0.4, 0.5) is 0 Å². The molecule has 0 aliphatic heterocycles. The van der Waals surface area contributed by atoms with E-state index in [0.29, 0.717) is 0 Å². The van der Waals surface area contributed by atoms with Crippen LogP contribution in [0.3, 0.4) is 0 Å². The number of aryl methyl sites for hydroxylation is 2. The van der Waals surface area contributed by atoms with Crippen molar-refractivity contribution in [1.82, 2.24) is 0 Å². The van der Waals surface area contributed by atoms with E-state index in [0.717, 1.165) is 0 Å². The van der Waals surface area contributed by atoms with Gasteiger partial charge in [-0.05, 0) is 81.7 Å². The number of hydrogen-bond acceptors (Lipinski definition) is 0. The van der Waals surface area contributed by atoms with Gasteiger partial charge in [-0.15, -0.1) is 0 Å². The molecular formula is C36H30. The highest BCUT2D eigenvalue weighted by Crippen LogP contribution is 2.31. The molecule has 5 rings (SSSR count). The molecule has 0 saturated carbocycles. The van der Waals surface area contributed by atoms with Crippen molar-refractivity contribution >= 4 is 23.3 Å². The Morgan fingerprint density at radius 2 is 0.639 bits per heavy atom. The molecule has 0 bridgehead atoms. The molecule has 36 heavy (non-hydrogen) atoms. The summed E-state index contributed by atoms with van der Waals surface area (Å²) in [6, 6.07) is 47.2. The van der Waals surface area contributed by atoms with E-state index in [1.165, 1.54) is 55.7 Å². The number of hydrogen-bond donors (Lipinski definition) is 0. The van der Waals surface area contributed by atoms with E-state index < -0.39 is 0 Å². The van der Waals surface area contributed by atoms with E-state index in [1.54, 1.807) is 0 Å². The maximum atomic E-state index is 2.33. The van der Waals surface area contributed by atoms with Crippen LogP contribution in [0.5, 0.6) is 0 Å². The lowest BCUT2D eigenvalue weighted by Gasteiger charge is -2.14. The monoisotopic (exact) mass is 462 g/mol. The Kier molecular flexibility index (Phi) is 7.05. The molecule has 0 aromatic heterocycles. The zero-order valence-electron chi connectivity index (χ0n) is 20.9. The van der Waals surface area contributed by atoms with Gasteiger partial charge in [-0.1, -0.05) is 133 Å². The summed E-state index contributed by atoms with van der Waals surface area (Å²) >= 11 is 0. The SMILES string of the molecule is Cc1cc(C=C(c2ccccc2)c2ccccc2)c(C)cc1C=C(c1ccccc1)c1ccccc1. The lowest BCUT2D eigenvalue weighted by molar-refractivity contribution is 1.35. The maximum Gasteiger partial charge on any atom is -0.0105 e. The number of rotatable bonds is 6. The van der Waals surface area contributed by atoms with Crippen LogP contribution < -0.4 is 0 Å². The van der Waals surface area contributed by atoms with Gasteiger partial charge in [0, 0.05) is 0 Å². The van der Waals surface area contributed by atoms with Gasteiger partial charge in [-0.3, -0.25) is 0 Å². The molecule has 0 heterocycles. The van der Waals surface area contributed by atoms with E-state index in [2.05, 4.69) is 159 Å². The number of benzene rings is 5. The molecule has 0 spiro atoms. The largest absolute Gasteiger partial charge is 0.0622 e. The minimum Gasteiger partial charge on any atom is -0.0622 e. The zero-order valence-corrected chi connectivity index (χ0v) is 20.9. The lowest BCUT2D eigenvalue weighted by atomic mass is 9.91. The van der Waals surface area contributed by atoms with Crippen LogP contribution in [0.1, 0.15) is 44.5 Å². The van der Waals surface area contributed by atoms with Crippen molar-refractivity contribution in [3.05, 3.63) is 178 Å². The molecule has 0 fully saturated rings. The normalized spacial score (nSPS) is 10.5. The van der Waals surface area contributed by atoms with E-state index in [-0.39, 0.29) is 0 Å². The average Bonchev–Trinajstić information content (AvgIpc) is 2.94. The van der Waals surface area contributed by atoms with Crippen molar-refractivity contribution in [3.63, 3.8) is 0 Å². The highest BCUT2D eigenvalue weighted by atomic mass is 14.1. The fourth-order valence-electron chi connectivity index (χ4n) is 4.62. The summed E-state index contributed by atoms with van der Waals surface area (Å²) in [5.74, 6) is 0. The van der Waals surface area contributed by atoms with E-state index in [4.69, 9.17) is 0 Å². The summed E-state index contributed by atoms with van der Waals surface area (Å²) in [7, 11) is 0. The van der Waals surface area contributed by atoms with Gasteiger partial charge >= 0.3 is 0 Å². The Morgan fingerprint density at radius 3 is 0.889 bits per heavy atom. The van der Waals surface area contributed by atoms with Crippen molar-refractivity contribution in [2.75, 3.05) is 0 Å². The predicted molar refractivity (Wildman–Crippen MR) is 156 cm³/mol. The quantitative estimate of drug-likeness (QED) is 0.220. The van der Waals surface area contributed by atoms with Crippen LogP contribution >= 0.6 is 0 Å². The molecular weight excluding hydrogens is 432 g/mol. The van der Waals surface area contributed by atoms with Crippen molar-refractivity contribution < 1.29 is 0 Å². The van der Waals surface area contributed by atoms with Crippen molar-refractivity contribution in [1.29, 1.82) is 0 Å². The Hall–Kier alpha value is -4.42. The van der Waals surface area contributed by atoms with E-state index >= 15 is 0 Å². The lowest BCUT2D eigenvalue weighted by Crippen LogP contribution is -1.93. The second-order valence-electron chi connectivity index (χ2n) is 9.15. The maximum absolute atomic E-state index is 2.33. The Balaban J connectivity index is 1.61. The second kappa shape index (κ2) is 10.9. The summed E-state index contributed by atoms with van der Waals surface area (Å²) in [5, 5.41) is 0. The second-order valence-corrected chi connectivity index (χ2v) is 9.15. The van der Waals surface area contributed by atoms with Crippen molar-refractivity contribution in [3.8, 4) is 0 Å². The molecule has 0 radical (unpaired) electrons. The summed E-state index contributed by atoms with van der Waals surface area (Å²) in [5.41, 5.74) is 12.4. The molecule has 174 valence electrons. The smallest absolute Gasteiger partial charge is 0.0105 e. The molecule has 0 aliphatic rings. The summed E-state index contributed by atoms with van der Waals surface area (Å²) in [6.07, 6.45) is 4.66. The highest BCUT2D eigenvalue weighted by molar-refractivity contribution is 5.94. The van der Waals surface area contributed by atoms with E-state index in [1.807, 2.05) is 0 Å². The van der Waals surface area contributed by atoms with Crippen molar-refractivity contribution in [2.24, 2.45) is 0 Å². The first-order chi connectivity index (χ1) is 17.7. The molecule has 5 aromatic carbocycles. The van der Waals surface area contributed by atoms with Gasteiger partial charge in [0.05, 0.1) is 0 Å². The molecule has 0 saturated heterocycles. The molecule has 5 aromatic rings. The molecule has 0 atom stereocenters. The molecule has 0 unspecified atom stereocenters. The van der Waals surface area contributed by atoms with Crippen LogP contribution in [0.25, 0.3) is 23.3 Å². The Morgan fingerprint density at radius 1 is 0.389 bits per heavy atom. The molecule has 0 aliphatic carbocycles. The summed E-state index contributed by atoms with van der Waals surface area (Å²) < 4.78 is 0. The van der Waals surface area contributed by atoms with Crippen LogP contribution in [-0.4, -0.2) is 0 Å². The van der Waals surface area contributed by atoms with Gasteiger partial charge in [0.25, 0.3) is 0 Å². The van der Waals surface area contributed by atoms with Crippen LogP contribution in [0.2, 0.25) is 0 Å². The van der Waals surface area contributed by atoms with Gasteiger partial charge in [0.1, 0.15) is 0 Å². The minimum absolute atomic E-state index is 1.22. The van der Waals surface area contributed by atoms with Gasteiger partial charge in [0.2, 0.25) is 0 Å². The molecule has 0 heteroatoms. The third-order valence-electron chi connectivity index (χ3n) is 6.59. The van der Waals surface area contributed by atoms with Gasteiger partial charge in [-0.2, -0.15) is 0 Å². The third kappa shape index (κ3) is 5.29. The molecule has 0 nitrogen and oxygen atoms in total. The van der Waals surface area contributed by atoms with Crippen molar-refractivity contribution in [2.45, 2.75) is 13.8 Å². The van der Waals surface area contributed by atoms with Crippen LogP contribution in [-0.2, 0) is 0 Å².